The van der Waals surface area contributed by atoms with Crippen molar-refractivity contribution in [2.24, 2.45) is 0 Å². The van der Waals surface area contributed by atoms with E-state index in [2.05, 4.69) is 0 Å². The van der Waals surface area contributed by atoms with Gasteiger partial charge in [0.05, 0.1) is 0 Å². The van der Waals surface area contributed by atoms with Gasteiger partial charge in [-0.1, -0.05) is 36.4 Å². The minimum Gasteiger partial charge on any atom is -0.480 e. The Bertz CT molecular complexity index is 777. The summed E-state index contributed by atoms with van der Waals surface area (Å²) in [6.45, 7) is 0. The van der Waals surface area contributed by atoms with Crippen molar-refractivity contribution in [3.05, 3.63) is 59.2 Å². The van der Waals surface area contributed by atoms with Gasteiger partial charge in [-0.3, -0.25) is 14.4 Å². The van der Waals surface area contributed by atoms with Crippen LogP contribution in [0, 0.1) is 0 Å². The number of aldehydes is 1. The smallest absolute Gasteiger partial charge is 0.330 e. The number of hydrogen-bond acceptors (Lipinski definition) is 3. The second kappa shape index (κ2) is 4.28. The Kier molecular flexibility index (Phi) is 2.66. The fourth-order valence-corrected chi connectivity index (χ4v) is 2.93. The van der Waals surface area contributed by atoms with Gasteiger partial charge >= 0.3 is 11.9 Å². The zero-order valence-corrected chi connectivity index (χ0v) is 10.7. The molecule has 0 unspecified atom stereocenters. The highest BCUT2D eigenvalue weighted by molar-refractivity contribution is 6.14. The number of carboxylic acids is 2. The summed E-state index contributed by atoms with van der Waals surface area (Å²) in [5, 5.41) is 19.2. The molecular weight excluding hydrogens is 272 g/mol. The van der Waals surface area contributed by atoms with Gasteiger partial charge in [0, 0.05) is 5.56 Å². The van der Waals surface area contributed by atoms with E-state index in [0.717, 1.165) is 0 Å². The second-order valence-corrected chi connectivity index (χ2v) is 4.83. The van der Waals surface area contributed by atoms with E-state index < -0.39 is 17.4 Å². The van der Waals surface area contributed by atoms with Crippen LogP contribution < -0.4 is 0 Å². The molecule has 5 nitrogen and oxygen atoms in total. The van der Waals surface area contributed by atoms with Crippen LogP contribution >= 0.6 is 0 Å². The van der Waals surface area contributed by atoms with E-state index in [1.54, 1.807) is 18.2 Å². The number of carbonyl (C=O) groups is 3. The van der Waals surface area contributed by atoms with Crippen molar-refractivity contribution >= 4 is 18.2 Å². The number of hydrogen-bond donors (Lipinski definition) is 2. The van der Waals surface area contributed by atoms with E-state index in [0.29, 0.717) is 23.0 Å². The first-order valence-corrected chi connectivity index (χ1v) is 6.20. The molecule has 2 N–H and O–H groups in total. The fraction of sp³-hybridized carbons (Fsp3) is 0.0625. The molecule has 21 heavy (non-hydrogen) atoms. The maximum atomic E-state index is 11.8. The lowest BCUT2D eigenvalue weighted by Crippen LogP contribution is -2.43. The normalized spacial score (nSPS) is 14.1. The molecule has 0 spiro atoms. The van der Waals surface area contributed by atoms with Gasteiger partial charge in [-0.2, -0.15) is 0 Å². The van der Waals surface area contributed by atoms with E-state index in [1.165, 1.54) is 24.3 Å². The van der Waals surface area contributed by atoms with Crippen LogP contribution in [0.15, 0.2) is 42.5 Å². The molecule has 0 bridgehead atoms. The van der Waals surface area contributed by atoms with Gasteiger partial charge < -0.3 is 10.2 Å². The zero-order chi connectivity index (χ0) is 15.2. The minimum atomic E-state index is -2.13. The predicted molar refractivity (Wildman–Crippen MR) is 73.3 cm³/mol. The summed E-state index contributed by atoms with van der Waals surface area (Å²) in [5.41, 5.74) is -0.374. The van der Waals surface area contributed by atoms with Crippen LogP contribution in [0.25, 0.3) is 11.1 Å². The molecule has 0 heterocycles. The lowest BCUT2D eigenvalue weighted by atomic mass is 9.78. The zero-order valence-electron chi connectivity index (χ0n) is 10.7. The van der Waals surface area contributed by atoms with Gasteiger partial charge in [0.15, 0.2) is 0 Å². The summed E-state index contributed by atoms with van der Waals surface area (Å²) in [5.74, 6) is -2.89. The third kappa shape index (κ3) is 1.48. The highest BCUT2D eigenvalue weighted by Gasteiger charge is 2.56. The third-order valence-corrected chi connectivity index (χ3v) is 3.85. The average Bonchev–Trinajstić information content (AvgIpc) is 2.78. The Morgan fingerprint density at radius 2 is 1.52 bits per heavy atom. The summed E-state index contributed by atoms with van der Waals surface area (Å²) < 4.78 is 0. The number of carbonyl (C=O) groups excluding carboxylic acids is 1. The largest absolute Gasteiger partial charge is 0.480 e. The molecule has 5 heteroatoms. The number of aliphatic carboxylic acids is 2. The van der Waals surface area contributed by atoms with Crippen molar-refractivity contribution in [3.8, 4) is 11.1 Å². The van der Waals surface area contributed by atoms with E-state index >= 15 is 0 Å². The number of fused-ring (bicyclic) bond motifs is 3. The minimum absolute atomic E-state index is 0.175. The second-order valence-electron chi connectivity index (χ2n) is 4.83. The molecular formula is C16H10O5. The SMILES string of the molecule is O=Cc1ccc2c(c1)-c1ccccc1C2(C(=O)O)C(=O)O. The molecule has 0 saturated heterocycles. The highest BCUT2D eigenvalue weighted by Crippen LogP contribution is 2.49. The standard InChI is InChI=1S/C16H10O5/c17-8-9-5-6-13-11(7-9)10-3-1-2-4-12(10)16(13,14(18)19)15(20)21/h1-8H,(H,18,19)(H,20,21). The molecule has 1 aliphatic carbocycles. The van der Waals surface area contributed by atoms with E-state index in [-0.39, 0.29) is 11.1 Å². The maximum absolute atomic E-state index is 11.8. The average molecular weight is 282 g/mol. The van der Waals surface area contributed by atoms with E-state index in [1.807, 2.05) is 0 Å². The van der Waals surface area contributed by atoms with Crippen LogP contribution in [0.4, 0.5) is 0 Å². The van der Waals surface area contributed by atoms with Gasteiger partial charge in [-0.25, -0.2) is 0 Å². The van der Waals surface area contributed by atoms with Gasteiger partial charge in [0.1, 0.15) is 6.29 Å². The Morgan fingerprint density at radius 1 is 0.905 bits per heavy atom. The van der Waals surface area contributed by atoms with Crippen molar-refractivity contribution in [3.63, 3.8) is 0 Å². The quantitative estimate of drug-likeness (QED) is 0.663. The maximum Gasteiger partial charge on any atom is 0.330 e. The molecule has 0 aromatic heterocycles. The molecule has 2 aromatic carbocycles. The summed E-state index contributed by atoms with van der Waals surface area (Å²) in [7, 11) is 0. The number of rotatable bonds is 3. The van der Waals surface area contributed by atoms with Gasteiger partial charge in [-0.15, -0.1) is 0 Å². The fourth-order valence-electron chi connectivity index (χ4n) is 2.93. The molecule has 0 radical (unpaired) electrons. The summed E-state index contributed by atoms with van der Waals surface area (Å²) >= 11 is 0. The Balaban J connectivity index is 2.47. The molecule has 0 fully saturated rings. The van der Waals surface area contributed by atoms with Crippen LogP contribution in [0.5, 0.6) is 0 Å². The Hall–Kier alpha value is -2.95. The van der Waals surface area contributed by atoms with Gasteiger partial charge in [0.25, 0.3) is 0 Å². The molecule has 0 atom stereocenters. The van der Waals surface area contributed by atoms with Crippen molar-refractivity contribution in [2.45, 2.75) is 5.41 Å². The lowest BCUT2D eigenvalue weighted by molar-refractivity contribution is -0.154. The van der Waals surface area contributed by atoms with Crippen molar-refractivity contribution in [1.82, 2.24) is 0 Å². The number of benzene rings is 2. The van der Waals surface area contributed by atoms with Crippen molar-refractivity contribution in [1.29, 1.82) is 0 Å². The summed E-state index contributed by atoms with van der Waals surface area (Å²) in [4.78, 5) is 34.5. The first-order chi connectivity index (χ1) is 10.0. The lowest BCUT2D eigenvalue weighted by Gasteiger charge is -2.22. The van der Waals surface area contributed by atoms with Crippen molar-refractivity contribution in [2.75, 3.05) is 0 Å². The highest BCUT2D eigenvalue weighted by atomic mass is 16.4. The molecule has 1 aliphatic rings. The van der Waals surface area contributed by atoms with E-state index in [9.17, 15) is 24.6 Å². The molecule has 104 valence electrons. The molecule has 2 aromatic rings. The first kappa shape index (κ1) is 13.1. The third-order valence-electron chi connectivity index (χ3n) is 3.85. The van der Waals surface area contributed by atoms with Crippen LogP contribution in [0.1, 0.15) is 21.5 Å². The van der Waals surface area contributed by atoms with Crippen LogP contribution in [-0.4, -0.2) is 28.4 Å². The Labute approximate surface area is 119 Å². The Morgan fingerprint density at radius 3 is 2.14 bits per heavy atom. The van der Waals surface area contributed by atoms with Crippen LogP contribution in [0.2, 0.25) is 0 Å². The molecule has 0 aliphatic heterocycles. The molecule has 0 saturated carbocycles. The molecule has 0 amide bonds. The first-order valence-electron chi connectivity index (χ1n) is 6.20. The monoisotopic (exact) mass is 282 g/mol. The topological polar surface area (TPSA) is 91.7 Å². The summed E-state index contributed by atoms with van der Waals surface area (Å²) in [6.07, 6.45) is 0.643. The van der Waals surface area contributed by atoms with Crippen molar-refractivity contribution < 1.29 is 24.6 Å². The van der Waals surface area contributed by atoms with E-state index in [4.69, 9.17) is 0 Å². The van der Waals surface area contributed by atoms with Gasteiger partial charge in [-0.05, 0) is 28.3 Å². The number of carboxylic acid groups (broad SMARTS) is 2. The van der Waals surface area contributed by atoms with Gasteiger partial charge in [0.2, 0.25) is 5.41 Å². The van der Waals surface area contributed by atoms with Crippen LogP contribution in [0.3, 0.4) is 0 Å². The molecule has 3 rings (SSSR count). The van der Waals surface area contributed by atoms with Crippen LogP contribution in [-0.2, 0) is 15.0 Å². The predicted octanol–water partition coefficient (Wildman–Crippen LogP) is 1.93. The summed E-state index contributed by atoms with van der Waals surface area (Å²) in [6, 6.07) is 10.8.